The van der Waals surface area contributed by atoms with Crippen molar-refractivity contribution >= 4 is 29.9 Å². The second kappa shape index (κ2) is 12.5. The zero-order valence-corrected chi connectivity index (χ0v) is 17.0. The number of benzene rings is 2. The minimum atomic E-state index is -0.270. The summed E-state index contributed by atoms with van der Waals surface area (Å²) in [6.45, 7) is 1.82. The maximum Gasteiger partial charge on any atom is 0.191 e. The molecule has 0 radical (unpaired) electrons. The Morgan fingerprint density at radius 1 is 1.00 bits per heavy atom. The largest absolute Gasteiger partial charge is 0.494 e. The Kier molecular flexibility index (Phi) is 10.6. The second-order valence-corrected chi connectivity index (χ2v) is 5.49. The van der Waals surface area contributed by atoms with Crippen molar-refractivity contribution in [3.63, 3.8) is 0 Å². The summed E-state index contributed by atoms with van der Waals surface area (Å²) in [5.74, 6) is 0.822. The van der Waals surface area contributed by atoms with Gasteiger partial charge < -0.3 is 15.4 Å². The Morgan fingerprint density at radius 3 is 2.46 bits per heavy atom. The molecule has 2 N–H and O–H groups in total. The van der Waals surface area contributed by atoms with Crippen LogP contribution in [0.1, 0.15) is 18.4 Å². The lowest BCUT2D eigenvalue weighted by atomic mass is 10.2. The van der Waals surface area contributed by atoms with Crippen LogP contribution in [-0.4, -0.2) is 26.2 Å². The van der Waals surface area contributed by atoms with Crippen molar-refractivity contribution in [1.29, 1.82) is 0 Å². The molecule has 0 aliphatic carbocycles. The predicted octanol–water partition coefficient (Wildman–Crippen LogP) is 4.11. The number of rotatable bonds is 8. The number of aliphatic imine (C=N–C) groups is 1. The third-order valence-corrected chi connectivity index (χ3v) is 3.52. The van der Waals surface area contributed by atoms with Crippen LogP contribution in [0, 0.1) is 11.6 Å². The fourth-order valence-electron chi connectivity index (χ4n) is 2.21. The number of guanidine groups is 1. The van der Waals surface area contributed by atoms with E-state index in [1.807, 2.05) is 6.07 Å². The van der Waals surface area contributed by atoms with Gasteiger partial charge in [0.2, 0.25) is 0 Å². The van der Waals surface area contributed by atoms with Gasteiger partial charge in [-0.05, 0) is 54.8 Å². The van der Waals surface area contributed by atoms with Crippen LogP contribution in [0.5, 0.6) is 5.75 Å². The first-order valence-electron chi connectivity index (χ1n) is 8.24. The van der Waals surface area contributed by atoms with E-state index >= 15 is 0 Å². The third-order valence-electron chi connectivity index (χ3n) is 3.52. The molecule has 2 aromatic carbocycles. The molecule has 26 heavy (non-hydrogen) atoms. The minimum absolute atomic E-state index is 0. The fourth-order valence-corrected chi connectivity index (χ4v) is 2.21. The number of nitrogens with one attached hydrogen (secondary N) is 2. The first-order chi connectivity index (χ1) is 12.2. The van der Waals surface area contributed by atoms with Crippen molar-refractivity contribution in [2.75, 3.05) is 20.2 Å². The summed E-state index contributed by atoms with van der Waals surface area (Å²) in [5, 5.41) is 6.34. The number of hydrogen-bond acceptors (Lipinski definition) is 2. The molecule has 7 heteroatoms. The van der Waals surface area contributed by atoms with Gasteiger partial charge in [-0.15, -0.1) is 24.0 Å². The molecule has 142 valence electrons. The van der Waals surface area contributed by atoms with E-state index in [2.05, 4.69) is 15.6 Å². The second-order valence-electron chi connectivity index (χ2n) is 5.49. The van der Waals surface area contributed by atoms with Crippen LogP contribution in [0.3, 0.4) is 0 Å². The summed E-state index contributed by atoms with van der Waals surface area (Å²) < 4.78 is 31.4. The van der Waals surface area contributed by atoms with Crippen LogP contribution in [0.25, 0.3) is 0 Å². The van der Waals surface area contributed by atoms with E-state index in [9.17, 15) is 8.78 Å². The van der Waals surface area contributed by atoms with E-state index in [0.717, 1.165) is 24.9 Å². The lowest BCUT2D eigenvalue weighted by Crippen LogP contribution is -2.37. The first kappa shape index (κ1) is 22.1. The van der Waals surface area contributed by atoms with Gasteiger partial charge in [0.05, 0.1) is 6.61 Å². The highest BCUT2D eigenvalue weighted by atomic mass is 127. The van der Waals surface area contributed by atoms with Gasteiger partial charge in [0.1, 0.15) is 17.4 Å². The van der Waals surface area contributed by atoms with Gasteiger partial charge in [-0.1, -0.05) is 12.1 Å². The Bertz CT molecular complexity index is 681. The molecule has 0 saturated heterocycles. The van der Waals surface area contributed by atoms with Gasteiger partial charge in [0.25, 0.3) is 0 Å². The van der Waals surface area contributed by atoms with E-state index < -0.39 is 0 Å². The fraction of sp³-hybridized carbons (Fsp3) is 0.316. The average Bonchev–Trinajstić information content (AvgIpc) is 2.62. The maximum atomic E-state index is 13.1. The highest BCUT2D eigenvalue weighted by Crippen LogP contribution is 2.11. The Hall–Kier alpha value is -1.90. The van der Waals surface area contributed by atoms with Crippen LogP contribution >= 0.6 is 24.0 Å². The molecule has 0 saturated carbocycles. The molecule has 0 aliphatic rings. The predicted molar refractivity (Wildman–Crippen MR) is 111 cm³/mol. The van der Waals surface area contributed by atoms with Crippen LogP contribution in [-0.2, 0) is 6.54 Å². The zero-order chi connectivity index (χ0) is 17.9. The van der Waals surface area contributed by atoms with Gasteiger partial charge in [0, 0.05) is 20.1 Å². The van der Waals surface area contributed by atoms with E-state index in [1.165, 1.54) is 24.3 Å². The van der Waals surface area contributed by atoms with Gasteiger partial charge in [0.15, 0.2) is 5.96 Å². The lowest BCUT2D eigenvalue weighted by molar-refractivity contribution is 0.306. The van der Waals surface area contributed by atoms with E-state index in [0.29, 0.717) is 24.9 Å². The maximum absolute atomic E-state index is 13.1. The minimum Gasteiger partial charge on any atom is -0.494 e. The Labute approximate surface area is 170 Å². The van der Waals surface area contributed by atoms with Crippen molar-refractivity contribution in [3.8, 4) is 5.75 Å². The molecular weight excluding hydrogens is 451 g/mol. The SMILES string of the molecule is CN=C(NCCCCOc1ccc(F)cc1)NCc1cccc(F)c1.I. The summed E-state index contributed by atoms with van der Waals surface area (Å²) in [6.07, 6.45) is 1.77. The monoisotopic (exact) mass is 475 g/mol. The quantitative estimate of drug-likeness (QED) is 0.262. The molecule has 0 heterocycles. The highest BCUT2D eigenvalue weighted by molar-refractivity contribution is 14.0. The van der Waals surface area contributed by atoms with Crippen molar-refractivity contribution in [2.24, 2.45) is 4.99 Å². The number of ether oxygens (including phenoxy) is 1. The van der Waals surface area contributed by atoms with Crippen molar-refractivity contribution in [3.05, 3.63) is 65.7 Å². The molecule has 2 aromatic rings. The Balaban J connectivity index is 0.00000338. The van der Waals surface area contributed by atoms with E-state index in [-0.39, 0.29) is 35.6 Å². The van der Waals surface area contributed by atoms with Gasteiger partial charge in [-0.25, -0.2) is 8.78 Å². The molecule has 0 aliphatic heterocycles. The normalized spacial score (nSPS) is 10.8. The number of unbranched alkanes of at least 4 members (excludes halogenated alkanes) is 1. The van der Waals surface area contributed by atoms with E-state index in [1.54, 1.807) is 25.2 Å². The zero-order valence-electron chi connectivity index (χ0n) is 14.7. The van der Waals surface area contributed by atoms with E-state index in [4.69, 9.17) is 4.74 Å². The third kappa shape index (κ3) is 8.46. The van der Waals surface area contributed by atoms with Crippen molar-refractivity contribution in [1.82, 2.24) is 10.6 Å². The molecule has 2 rings (SSSR count). The topological polar surface area (TPSA) is 45.7 Å². The standard InChI is InChI=1S/C19H23F2N3O.HI/c1-22-19(24-14-15-5-4-6-17(21)13-15)23-11-2-3-12-25-18-9-7-16(20)8-10-18;/h4-10,13H,2-3,11-12,14H2,1H3,(H2,22,23,24);1H. The van der Waals surface area contributed by atoms with Crippen LogP contribution in [0.15, 0.2) is 53.5 Å². The van der Waals surface area contributed by atoms with Gasteiger partial charge in [-0.3, -0.25) is 4.99 Å². The number of nitrogens with zero attached hydrogens (tertiary/aromatic N) is 1. The summed E-state index contributed by atoms with van der Waals surface area (Å²) in [5.41, 5.74) is 0.857. The van der Waals surface area contributed by atoms with Crippen molar-refractivity contribution in [2.45, 2.75) is 19.4 Å². The smallest absolute Gasteiger partial charge is 0.191 e. The first-order valence-corrected chi connectivity index (χ1v) is 8.24. The van der Waals surface area contributed by atoms with Crippen LogP contribution in [0.4, 0.5) is 8.78 Å². The Morgan fingerprint density at radius 2 is 1.77 bits per heavy atom. The molecule has 0 fully saturated rings. The number of halogens is 3. The molecule has 4 nitrogen and oxygen atoms in total. The average molecular weight is 475 g/mol. The highest BCUT2D eigenvalue weighted by Gasteiger charge is 2.00. The molecule has 0 unspecified atom stereocenters. The summed E-state index contributed by atoms with van der Waals surface area (Å²) in [6, 6.07) is 12.4. The molecule has 0 spiro atoms. The molecule has 0 bridgehead atoms. The van der Waals surface area contributed by atoms with Crippen LogP contribution < -0.4 is 15.4 Å². The van der Waals surface area contributed by atoms with Crippen LogP contribution in [0.2, 0.25) is 0 Å². The molecule has 0 atom stereocenters. The summed E-state index contributed by atoms with van der Waals surface area (Å²) in [7, 11) is 1.69. The summed E-state index contributed by atoms with van der Waals surface area (Å²) >= 11 is 0. The number of hydrogen-bond donors (Lipinski definition) is 2. The summed E-state index contributed by atoms with van der Waals surface area (Å²) in [4.78, 5) is 4.13. The van der Waals surface area contributed by atoms with Crippen molar-refractivity contribution < 1.29 is 13.5 Å². The van der Waals surface area contributed by atoms with Gasteiger partial charge in [-0.2, -0.15) is 0 Å². The molecule has 0 aromatic heterocycles. The lowest BCUT2D eigenvalue weighted by Gasteiger charge is -2.12. The molecule has 0 amide bonds. The molecular formula is C19H24F2IN3O. The van der Waals surface area contributed by atoms with Gasteiger partial charge >= 0.3 is 0 Å².